The smallest absolute Gasteiger partial charge is 0.324 e. The van der Waals surface area contributed by atoms with Crippen molar-refractivity contribution < 1.29 is 9.59 Å². The molecular formula is C21H27N3O2S. The van der Waals surface area contributed by atoms with Gasteiger partial charge in [0.2, 0.25) is 5.91 Å². The molecule has 5 nitrogen and oxygen atoms in total. The number of hydrogen-bond acceptors (Lipinski definition) is 4. The van der Waals surface area contributed by atoms with Gasteiger partial charge in [0.05, 0.1) is 12.1 Å². The van der Waals surface area contributed by atoms with Gasteiger partial charge in [-0.05, 0) is 41.8 Å². The Morgan fingerprint density at radius 3 is 2.48 bits per heavy atom. The molecule has 1 aromatic carbocycles. The molecule has 27 heavy (non-hydrogen) atoms. The summed E-state index contributed by atoms with van der Waals surface area (Å²) in [4.78, 5) is 26.9. The van der Waals surface area contributed by atoms with Crippen molar-refractivity contribution in [1.82, 2.24) is 15.5 Å². The SMILES string of the molecule is CC[C@H](C)c1ccc([C@H](N[C@@H](C)C(=O)N2CCNC2=O)c2cccs2)cc1. The molecule has 0 saturated carbocycles. The third-order valence-corrected chi connectivity index (χ3v) is 6.13. The number of urea groups is 1. The molecule has 1 saturated heterocycles. The number of rotatable bonds is 7. The fourth-order valence-corrected chi connectivity index (χ4v) is 4.10. The Morgan fingerprint density at radius 1 is 1.22 bits per heavy atom. The lowest BCUT2D eigenvalue weighted by atomic mass is 9.95. The van der Waals surface area contributed by atoms with Crippen molar-refractivity contribution in [2.45, 2.75) is 45.2 Å². The highest BCUT2D eigenvalue weighted by Gasteiger charge is 2.31. The number of carbonyl (C=O) groups is 2. The first kappa shape index (κ1) is 19.6. The van der Waals surface area contributed by atoms with Crippen molar-refractivity contribution in [1.29, 1.82) is 0 Å². The lowest BCUT2D eigenvalue weighted by Gasteiger charge is -2.25. The van der Waals surface area contributed by atoms with Gasteiger partial charge in [-0.2, -0.15) is 0 Å². The number of carbonyl (C=O) groups excluding carboxylic acids is 2. The number of benzene rings is 1. The van der Waals surface area contributed by atoms with E-state index in [0.29, 0.717) is 19.0 Å². The standard InChI is InChI=1S/C21H27N3O2S/c1-4-14(2)16-7-9-17(10-8-16)19(18-6-5-13-27-18)23-15(3)20(25)24-12-11-22-21(24)26/h5-10,13-15,19,23H,4,11-12H2,1-3H3,(H,22,26)/t14-,15-,19-/m0/s1. The first-order valence-corrected chi connectivity index (χ1v) is 10.4. The molecule has 3 atom stereocenters. The Balaban J connectivity index is 1.80. The Kier molecular flexibility index (Phi) is 6.29. The second kappa shape index (κ2) is 8.67. The number of nitrogens with zero attached hydrogens (tertiary/aromatic N) is 1. The maximum Gasteiger partial charge on any atom is 0.324 e. The normalized spacial score (nSPS) is 17.4. The second-order valence-electron chi connectivity index (χ2n) is 7.03. The molecule has 1 fully saturated rings. The van der Waals surface area contributed by atoms with Gasteiger partial charge >= 0.3 is 6.03 Å². The summed E-state index contributed by atoms with van der Waals surface area (Å²) in [6.07, 6.45) is 1.11. The monoisotopic (exact) mass is 385 g/mol. The third kappa shape index (κ3) is 4.39. The largest absolute Gasteiger partial charge is 0.336 e. The van der Waals surface area contributed by atoms with E-state index in [-0.39, 0.29) is 18.0 Å². The second-order valence-corrected chi connectivity index (χ2v) is 8.01. The van der Waals surface area contributed by atoms with Gasteiger partial charge in [-0.1, -0.05) is 44.2 Å². The average Bonchev–Trinajstić information content (AvgIpc) is 3.36. The molecule has 0 unspecified atom stereocenters. The van der Waals surface area contributed by atoms with Crippen LogP contribution in [0.15, 0.2) is 41.8 Å². The van der Waals surface area contributed by atoms with Gasteiger partial charge in [0.1, 0.15) is 0 Å². The number of amides is 3. The van der Waals surface area contributed by atoms with Gasteiger partial charge in [0.15, 0.2) is 0 Å². The molecule has 0 spiro atoms. The maximum atomic E-state index is 12.7. The maximum absolute atomic E-state index is 12.7. The number of thiophene rings is 1. The molecule has 6 heteroatoms. The fourth-order valence-electron chi connectivity index (χ4n) is 3.29. The van der Waals surface area contributed by atoms with Crippen molar-refractivity contribution in [3.8, 4) is 0 Å². The minimum Gasteiger partial charge on any atom is -0.336 e. The van der Waals surface area contributed by atoms with Crippen LogP contribution in [0.2, 0.25) is 0 Å². The van der Waals surface area contributed by atoms with E-state index >= 15 is 0 Å². The van der Waals surface area contributed by atoms with E-state index in [9.17, 15) is 9.59 Å². The Bertz CT molecular complexity index is 773. The summed E-state index contributed by atoms with van der Waals surface area (Å²) in [6, 6.07) is 11.9. The van der Waals surface area contributed by atoms with Crippen molar-refractivity contribution in [2.75, 3.05) is 13.1 Å². The molecule has 3 amide bonds. The molecule has 2 N–H and O–H groups in total. The number of nitrogens with one attached hydrogen (secondary N) is 2. The number of imide groups is 1. The molecule has 3 rings (SSSR count). The van der Waals surface area contributed by atoms with E-state index < -0.39 is 6.04 Å². The zero-order chi connectivity index (χ0) is 19.4. The molecule has 144 valence electrons. The van der Waals surface area contributed by atoms with E-state index in [1.807, 2.05) is 18.4 Å². The molecule has 0 bridgehead atoms. The van der Waals surface area contributed by atoms with Crippen LogP contribution >= 0.6 is 11.3 Å². The van der Waals surface area contributed by atoms with Crippen molar-refractivity contribution in [3.05, 3.63) is 57.8 Å². The van der Waals surface area contributed by atoms with Crippen LogP contribution in [-0.4, -0.2) is 36.0 Å². The van der Waals surface area contributed by atoms with E-state index in [2.05, 4.69) is 54.8 Å². The summed E-state index contributed by atoms with van der Waals surface area (Å²) < 4.78 is 0. The van der Waals surface area contributed by atoms with E-state index in [4.69, 9.17) is 0 Å². The van der Waals surface area contributed by atoms with E-state index in [1.54, 1.807) is 11.3 Å². The lowest BCUT2D eigenvalue weighted by molar-refractivity contribution is -0.129. The first-order chi connectivity index (χ1) is 13.0. The highest BCUT2D eigenvalue weighted by atomic mass is 32.1. The van der Waals surface area contributed by atoms with Gasteiger partial charge in [-0.25, -0.2) is 4.79 Å². The van der Waals surface area contributed by atoms with Gasteiger partial charge in [0.25, 0.3) is 0 Å². The third-order valence-electron chi connectivity index (χ3n) is 5.19. The summed E-state index contributed by atoms with van der Waals surface area (Å²) in [5.41, 5.74) is 2.44. The van der Waals surface area contributed by atoms with E-state index in [1.165, 1.54) is 10.5 Å². The Hall–Kier alpha value is -2.18. The van der Waals surface area contributed by atoms with Crippen molar-refractivity contribution in [3.63, 3.8) is 0 Å². The molecule has 2 aromatic rings. The topological polar surface area (TPSA) is 61.4 Å². The minimum atomic E-state index is -0.463. The van der Waals surface area contributed by atoms with Crippen LogP contribution in [0.3, 0.4) is 0 Å². The van der Waals surface area contributed by atoms with Gasteiger partial charge in [-0.3, -0.25) is 15.0 Å². The first-order valence-electron chi connectivity index (χ1n) is 9.49. The molecule has 0 radical (unpaired) electrons. The summed E-state index contributed by atoms with van der Waals surface area (Å²) in [5.74, 6) is 0.337. The summed E-state index contributed by atoms with van der Waals surface area (Å²) in [6.45, 7) is 7.18. The van der Waals surface area contributed by atoms with Gasteiger partial charge < -0.3 is 5.32 Å². The lowest BCUT2D eigenvalue weighted by Crippen LogP contribution is -2.47. The van der Waals surface area contributed by atoms with Crippen LogP contribution < -0.4 is 10.6 Å². The van der Waals surface area contributed by atoms with Crippen LogP contribution in [0.1, 0.15) is 55.2 Å². The van der Waals surface area contributed by atoms with E-state index in [0.717, 1.165) is 16.9 Å². The van der Waals surface area contributed by atoms with Crippen molar-refractivity contribution in [2.24, 2.45) is 0 Å². The van der Waals surface area contributed by atoms with Gasteiger partial charge in [0, 0.05) is 18.0 Å². The molecule has 2 heterocycles. The van der Waals surface area contributed by atoms with Crippen LogP contribution in [0, 0.1) is 0 Å². The predicted octanol–water partition coefficient (Wildman–Crippen LogP) is 3.88. The zero-order valence-corrected chi connectivity index (χ0v) is 16.9. The van der Waals surface area contributed by atoms with Crippen LogP contribution in [0.4, 0.5) is 4.79 Å². The predicted molar refractivity (Wildman–Crippen MR) is 109 cm³/mol. The fraction of sp³-hybridized carbons (Fsp3) is 0.429. The quantitative estimate of drug-likeness (QED) is 0.760. The molecule has 1 aliphatic heterocycles. The highest BCUT2D eigenvalue weighted by molar-refractivity contribution is 7.10. The molecule has 1 aliphatic rings. The average molecular weight is 386 g/mol. The van der Waals surface area contributed by atoms with Crippen LogP contribution in [0.25, 0.3) is 0 Å². The van der Waals surface area contributed by atoms with Crippen LogP contribution in [0.5, 0.6) is 0 Å². The molecule has 0 aliphatic carbocycles. The molecular weight excluding hydrogens is 358 g/mol. The number of hydrogen-bond donors (Lipinski definition) is 2. The molecule has 1 aromatic heterocycles. The Morgan fingerprint density at radius 2 is 1.93 bits per heavy atom. The summed E-state index contributed by atoms with van der Waals surface area (Å²) in [5, 5.41) is 8.16. The van der Waals surface area contributed by atoms with Gasteiger partial charge in [-0.15, -0.1) is 11.3 Å². The highest BCUT2D eigenvalue weighted by Crippen LogP contribution is 2.28. The van der Waals surface area contributed by atoms with Crippen LogP contribution in [-0.2, 0) is 4.79 Å². The zero-order valence-electron chi connectivity index (χ0n) is 16.1. The minimum absolute atomic E-state index is 0.0828. The summed E-state index contributed by atoms with van der Waals surface area (Å²) >= 11 is 1.66. The summed E-state index contributed by atoms with van der Waals surface area (Å²) in [7, 11) is 0. The van der Waals surface area contributed by atoms with Crippen molar-refractivity contribution >= 4 is 23.3 Å². The Labute approximate surface area is 164 Å².